The maximum atomic E-state index is 12.6. The van der Waals surface area contributed by atoms with Gasteiger partial charge in [0.1, 0.15) is 24.7 Å². The first-order valence-corrected chi connectivity index (χ1v) is 9.47. The number of benzene rings is 2. The summed E-state index contributed by atoms with van der Waals surface area (Å²) in [5.41, 5.74) is 1.11. The quantitative estimate of drug-likeness (QED) is 0.535. The maximum Gasteiger partial charge on any atom is 0.255 e. The highest BCUT2D eigenvalue weighted by Crippen LogP contribution is 2.28. The summed E-state index contributed by atoms with van der Waals surface area (Å²) in [5, 5.41) is 2.88. The molecule has 27 heavy (non-hydrogen) atoms. The molecule has 0 saturated carbocycles. The van der Waals surface area contributed by atoms with E-state index in [-0.39, 0.29) is 5.91 Å². The first-order chi connectivity index (χ1) is 13.2. The van der Waals surface area contributed by atoms with E-state index in [9.17, 15) is 4.79 Å². The minimum Gasteiger partial charge on any atom is -0.490 e. The molecule has 0 spiro atoms. The van der Waals surface area contributed by atoms with Crippen molar-refractivity contribution in [3.8, 4) is 11.5 Å². The van der Waals surface area contributed by atoms with Crippen LogP contribution in [-0.4, -0.2) is 46.1 Å². The Morgan fingerprint density at radius 1 is 1.00 bits per heavy atom. The molecule has 7 heteroatoms. The Bertz CT molecular complexity index is 738. The van der Waals surface area contributed by atoms with Crippen LogP contribution in [0.2, 0.25) is 0 Å². The lowest BCUT2D eigenvalue weighted by atomic mass is 10.2. The lowest BCUT2D eigenvalue weighted by molar-refractivity contribution is 0.102. The zero-order chi connectivity index (χ0) is 19.5. The van der Waals surface area contributed by atoms with Crippen LogP contribution < -0.4 is 14.8 Å². The Kier molecular flexibility index (Phi) is 9.10. The highest BCUT2D eigenvalue weighted by atomic mass is 79.9. The van der Waals surface area contributed by atoms with Crippen LogP contribution in [0.25, 0.3) is 0 Å². The van der Waals surface area contributed by atoms with Gasteiger partial charge in [-0.05, 0) is 53.2 Å². The summed E-state index contributed by atoms with van der Waals surface area (Å²) in [6, 6.07) is 12.5. The minimum absolute atomic E-state index is 0.236. The molecular formula is C20H24BrNO5. The van der Waals surface area contributed by atoms with Gasteiger partial charge in [-0.1, -0.05) is 12.1 Å². The van der Waals surface area contributed by atoms with Crippen LogP contribution >= 0.6 is 15.9 Å². The number of ether oxygens (including phenoxy) is 4. The van der Waals surface area contributed by atoms with Crippen LogP contribution in [0.15, 0.2) is 46.9 Å². The molecule has 1 amide bonds. The topological polar surface area (TPSA) is 66.0 Å². The molecule has 0 radical (unpaired) electrons. The number of nitrogens with one attached hydrogen (secondary N) is 1. The Morgan fingerprint density at radius 2 is 1.74 bits per heavy atom. The van der Waals surface area contributed by atoms with Crippen molar-refractivity contribution in [2.45, 2.75) is 6.92 Å². The molecule has 146 valence electrons. The minimum atomic E-state index is -0.236. The smallest absolute Gasteiger partial charge is 0.255 e. The highest BCUT2D eigenvalue weighted by Gasteiger charge is 2.12. The SMILES string of the molecule is CCOCCOc1ccccc1NC(=O)c1ccc(OCCOC)c(Br)c1. The summed E-state index contributed by atoms with van der Waals surface area (Å²) < 4.78 is 22.2. The lowest BCUT2D eigenvalue weighted by Gasteiger charge is -2.13. The standard InChI is InChI=1S/C20H24BrNO5/c1-3-25-11-13-27-19-7-5-4-6-17(19)22-20(23)15-8-9-18(16(21)14-15)26-12-10-24-2/h4-9,14H,3,10-13H2,1-2H3,(H,22,23). The molecule has 0 heterocycles. The molecule has 0 saturated heterocycles. The fourth-order valence-corrected chi connectivity index (χ4v) is 2.73. The van der Waals surface area contributed by atoms with Gasteiger partial charge in [-0.3, -0.25) is 4.79 Å². The van der Waals surface area contributed by atoms with Crippen molar-refractivity contribution in [2.24, 2.45) is 0 Å². The molecule has 0 unspecified atom stereocenters. The van der Waals surface area contributed by atoms with Gasteiger partial charge in [-0.25, -0.2) is 0 Å². The monoisotopic (exact) mass is 437 g/mol. The van der Waals surface area contributed by atoms with Crippen molar-refractivity contribution in [1.82, 2.24) is 0 Å². The first kappa shape index (κ1) is 21.2. The van der Waals surface area contributed by atoms with E-state index in [1.807, 2.05) is 25.1 Å². The van der Waals surface area contributed by atoms with Gasteiger partial charge in [0.25, 0.3) is 5.91 Å². The van der Waals surface area contributed by atoms with Crippen LogP contribution in [0.4, 0.5) is 5.69 Å². The number of para-hydroxylation sites is 2. The van der Waals surface area contributed by atoms with Crippen molar-refractivity contribution >= 4 is 27.5 Å². The Hall–Kier alpha value is -2.09. The second-order valence-electron chi connectivity index (χ2n) is 5.48. The molecule has 0 bridgehead atoms. The van der Waals surface area contributed by atoms with Gasteiger partial charge in [0.05, 0.1) is 23.4 Å². The van der Waals surface area contributed by atoms with Crippen molar-refractivity contribution in [2.75, 3.05) is 45.5 Å². The average molecular weight is 438 g/mol. The highest BCUT2D eigenvalue weighted by molar-refractivity contribution is 9.10. The van der Waals surface area contributed by atoms with E-state index in [4.69, 9.17) is 18.9 Å². The zero-order valence-corrected chi connectivity index (χ0v) is 17.1. The van der Waals surface area contributed by atoms with Crippen LogP contribution in [0.1, 0.15) is 17.3 Å². The van der Waals surface area contributed by atoms with Gasteiger partial charge in [0.2, 0.25) is 0 Å². The first-order valence-electron chi connectivity index (χ1n) is 8.68. The summed E-state index contributed by atoms with van der Waals surface area (Å²) in [4.78, 5) is 12.6. The maximum absolute atomic E-state index is 12.6. The van der Waals surface area contributed by atoms with Gasteiger partial charge in [0, 0.05) is 19.3 Å². The molecule has 2 aromatic carbocycles. The molecule has 0 aliphatic rings. The van der Waals surface area contributed by atoms with Crippen molar-refractivity contribution in [1.29, 1.82) is 0 Å². The van der Waals surface area contributed by atoms with Gasteiger partial charge < -0.3 is 24.3 Å². The molecule has 2 rings (SSSR count). The van der Waals surface area contributed by atoms with E-state index < -0.39 is 0 Å². The molecular weight excluding hydrogens is 414 g/mol. The lowest BCUT2D eigenvalue weighted by Crippen LogP contribution is -2.14. The Balaban J connectivity index is 2.01. The van der Waals surface area contributed by atoms with Crippen LogP contribution in [-0.2, 0) is 9.47 Å². The summed E-state index contributed by atoms with van der Waals surface area (Å²) in [7, 11) is 1.62. The predicted octanol–water partition coefficient (Wildman–Crippen LogP) is 4.14. The van der Waals surface area contributed by atoms with Crippen molar-refractivity contribution in [3.63, 3.8) is 0 Å². The number of carbonyl (C=O) groups excluding carboxylic acids is 1. The summed E-state index contributed by atoms with van der Waals surface area (Å²) in [6.45, 7) is 4.42. The number of amides is 1. The predicted molar refractivity (Wildman–Crippen MR) is 108 cm³/mol. The van der Waals surface area contributed by atoms with E-state index in [1.54, 1.807) is 31.4 Å². The number of hydrogen-bond donors (Lipinski definition) is 1. The average Bonchev–Trinajstić information content (AvgIpc) is 2.67. The number of anilines is 1. The van der Waals surface area contributed by atoms with E-state index in [0.29, 0.717) is 60.3 Å². The molecule has 0 atom stereocenters. The summed E-state index contributed by atoms with van der Waals surface area (Å²) in [5.74, 6) is 1.02. The molecule has 2 aromatic rings. The summed E-state index contributed by atoms with van der Waals surface area (Å²) in [6.07, 6.45) is 0. The normalized spacial score (nSPS) is 10.5. The zero-order valence-electron chi connectivity index (χ0n) is 15.5. The molecule has 1 N–H and O–H groups in total. The third-order valence-corrected chi connectivity index (χ3v) is 4.18. The fourth-order valence-electron chi connectivity index (χ4n) is 2.24. The van der Waals surface area contributed by atoms with Crippen LogP contribution in [0, 0.1) is 0 Å². The van der Waals surface area contributed by atoms with Gasteiger partial charge in [-0.2, -0.15) is 0 Å². The van der Waals surface area contributed by atoms with E-state index in [2.05, 4.69) is 21.2 Å². The molecule has 0 aliphatic carbocycles. The largest absolute Gasteiger partial charge is 0.490 e. The van der Waals surface area contributed by atoms with Crippen molar-refractivity contribution in [3.05, 3.63) is 52.5 Å². The van der Waals surface area contributed by atoms with E-state index in [1.165, 1.54) is 0 Å². The number of hydrogen-bond acceptors (Lipinski definition) is 5. The van der Waals surface area contributed by atoms with Gasteiger partial charge in [0.15, 0.2) is 0 Å². The number of carbonyl (C=O) groups is 1. The van der Waals surface area contributed by atoms with Crippen LogP contribution in [0.5, 0.6) is 11.5 Å². The third kappa shape index (κ3) is 6.86. The Morgan fingerprint density at radius 3 is 2.48 bits per heavy atom. The van der Waals surface area contributed by atoms with Gasteiger partial charge >= 0.3 is 0 Å². The third-order valence-electron chi connectivity index (χ3n) is 3.56. The second-order valence-corrected chi connectivity index (χ2v) is 6.34. The second kappa shape index (κ2) is 11.6. The summed E-state index contributed by atoms with van der Waals surface area (Å²) >= 11 is 3.43. The van der Waals surface area contributed by atoms with Crippen LogP contribution in [0.3, 0.4) is 0 Å². The van der Waals surface area contributed by atoms with E-state index >= 15 is 0 Å². The fraction of sp³-hybridized carbons (Fsp3) is 0.350. The Labute approximate surface area is 167 Å². The van der Waals surface area contributed by atoms with Gasteiger partial charge in [-0.15, -0.1) is 0 Å². The molecule has 6 nitrogen and oxygen atoms in total. The number of halogens is 1. The number of rotatable bonds is 11. The molecule has 0 aliphatic heterocycles. The van der Waals surface area contributed by atoms with E-state index in [0.717, 1.165) is 0 Å². The number of methoxy groups -OCH3 is 1. The van der Waals surface area contributed by atoms with Crippen molar-refractivity contribution < 1.29 is 23.7 Å². The molecule has 0 fully saturated rings. The molecule has 0 aromatic heterocycles.